The quantitative estimate of drug-likeness (QED) is 0.837. The first-order valence-corrected chi connectivity index (χ1v) is 6.04. The SMILES string of the molecule is COc1n[nH]c(NC(=O)CC2CCCCC2)n1. The van der Waals surface area contributed by atoms with Crippen molar-refractivity contribution in [3.63, 3.8) is 0 Å². The van der Waals surface area contributed by atoms with Gasteiger partial charge in [0.2, 0.25) is 11.9 Å². The van der Waals surface area contributed by atoms with Crippen molar-refractivity contribution in [3.8, 4) is 6.01 Å². The fourth-order valence-corrected chi connectivity index (χ4v) is 2.23. The Morgan fingerprint density at radius 3 is 2.88 bits per heavy atom. The van der Waals surface area contributed by atoms with Crippen LogP contribution in [0.1, 0.15) is 38.5 Å². The molecule has 1 saturated carbocycles. The summed E-state index contributed by atoms with van der Waals surface area (Å²) in [7, 11) is 1.48. The third-order valence-corrected chi connectivity index (χ3v) is 3.10. The summed E-state index contributed by atoms with van der Waals surface area (Å²) in [6.07, 6.45) is 6.68. The van der Waals surface area contributed by atoms with Crippen molar-refractivity contribution in [1.82, 2.24) is 15.2 Å². The molecule has 0 atom stereocenters. The van der Waals surface area contributed by atoms with Gasteiger partial charge < -0.3 is 4.74 Å². The summed E-state index contributed by atoms with van der Waals surface area (Å²) >= 11 is 0. The van der Waals surface area contributed by atoms with Crippen LogP contribution in [0.3, 0.4) is 0 Å². The lowest BCUT2D eigenvalue weighted by Gasteiger charge is -2.20. The summed E-state index contributed by atoms with van der Waals surface area (Å²) in [6.45, 7) is 0. The van der Waals surface area contributed by atoms with Crippen LogP contribution in [0.5, 0.6) is 6.01 Å². The lowest BCUT2D eigenvalue weighted by atomic mass is 9.87. The summed E-state index contributed by atoms with van der Waals surface area (Å²) in [5.74, 6) is 0.868. The minimum absolute atomic E-state index is 0.00398. The first-order valence-electron chi connectivity index (χ1n) is 6.04. The van der Waals surface area contributed by atoms with Crippen LogP contribution < -0.4 is 10.1 Å². The highest BCUT2D eigenvalue weighted by atomic mass is 16.5. The van der Waals surface area contributed by atoms with E-state index in [1.807, 2.05) is 0 Å². The molecule has 0 unspecified atom stereocenters. The number of rotatable bonds is 4. The van der Waals surface area contributed by atoms with Gasteiger partial charge in [-0.1, -0.05) is 19.3 Å². The average molecular weight is 238 g/mol. The van der Waals surface area contributed by atoms with Gasteiger partial charge in [-0.25, -0.2) is 5.10 Å². The molecule has 17 heavy (non-hydrogen) atoms. The molecule has 0 bridgehead atoms. The van der Waals surface area contributed by atoms with E-state index in [1.165, 1.54) is 26.4 Å². The molecular formula is C11H18N4O2. The van der Waals surface area contributed by atoms with Crippen LogP contribution in [0.15, 0.2) is 0 Å². The Morgan fingerprint density at radius 1 is 1.47 bits per heavy atom. The van der Waals surface area contributed by atoms with Crippen LogP contribution in [-0.2, 0) is 4.79 Å². The van der Waals surface area contributed by atoms with Crippen LogP contribution >= 0.6 is 0 Å². The molecule has 0 spiro atoms. The zero-order valence-corrected chi connectivity index (χ0v) is 10.0. The average Bonchev–Trinajstić information content (AvgIpc) is 2.78. The van der Waals surface area contributed by atoms with Crippen molar-refractivity contribution in [2.45, 2.75) is 38.5 Å². The Balaban J connectivity index is 1.79. The number of carbonyl (C=O) groups is 1. The molecule has 0 aromatic carbocycles. The number of hydrogen-bond acceptors (Lipinski definition) is 4. The molecule has 1 aromatic heterocycles. The van der Waals surface area contributed by atoms with Crippen molar-refractivity contribution in [2.75, 3.05) is 12.4 Å². The number of H-pyrrole nitrogens is 1. The smallest absolute Gasteiger partial charge is 0.336 e. The number of nitrogens with zero attached hydrogens (tertiary/aromatic N) is 2. The molecule has 1 aliphatic rings. The second-order valence-electron chi connectivity index (χ2n) is 4.43. The van der Waals surface area contributed by atoms with Gasteiger partial charge in [0.25, 0.3) is 0 Å². The van der Waals surface area contributed by atoms with Gasteiger partial charge in [-0.2, -0.15) is 4.98 Å². The topological polar surface area (TPSA) is 79.9 Å². The number of ether oxygens (including phenoxy) is 1. The lowest BCUT2D eigenvalue weighted by molar-refractivity contribution is -0.117. The second kappa shape index (κ2) is 5.65. The maximum atomic E-state index is 11.7. The summed E-state index contributed by atoms with van der Waals surface area (Å²) < 4.78 is 4.82. The van der Waals surface area contributed by atoms with Crippen molar-refractivity contribution < 1.29 is 9.53 Å². The molecule has 0 aliphatic heterocycles. The van der Waals surface area contributed by atoms with E-state index in [4.69, 9.17) is 4.74 Å². The first kappa shape index (κ1) is 11.9. The number of aromatic amines is 1. The Labute approximate surface area is 100 Å². The highest BCUT2D eigenvalue weighted by molar-refractivity contribution is 5.89. The third kappa shape index (κ3) is 3.44. The Kier molecular flexibility index (Phi) is 3.95. The third-order valence-electron chi connectivity index (χ3n) is 3.10. The molecule has 6 heteroatoms. The van der Waals surface area contributed by atoms with Gasteiger partial charge in [-0.15, -0.1) is 5.10 Å². The number of hydrogen-bond donors (Lipinski definition) is 2. The van der Waals surface area contributed by atoms with Gasteiger partial charge in [0, 0.05) is 6.42 Å². The predicted molar refractivity (Wildman–Crippen MR) is 62.8 cm³/mol. The summed E-state index contributed by atoms with van der Waals surface area (Å²) in [6, 6.07) is 0.234. The maximum absolute atomic E-state index is 11.7. The standard InChI is InChI=1S/C11H18N4O2/c1-17-11-13-10(14-15-11)12-9(16)7-8-5-3-2-4-6-8/h8H,2-7H2,1H3,(H2,12,13,14,15,16). The summed E-state index contributed by atoms with van der Waals surface area (Å²) in [5, 5.41) is 9.06. The molecule has 0 radical (unpaired) electrons. The van der Waals surface area contributed by atoms with E-state index in [-0.39, 0.29) is 11.9 Å². The van der Waals surface area contributed by atoms with Gasteiger partial charge >= 0.3 is 6.01 Å². The molecule has 2 rings (SSSR count). The van der Waals surface area contributed by atoms with Gasteiger partial charge in [0.05, 0.1) is 7.11 Å². The highest BCUT2D eigenvalue weighted by Crippen LogP contribution is 2.26. The van der Waals surface area contributed by atoms with E-state index in [0.29, 0.717) is 18.3 Å². The zero-order valence-electron chi connectivity index (χ0n) is 10.0. The molecule has 94 valence electrons. The van der Waals surface area contributed by atoms with Crippen molar-refractivity contribution >= 4 is 11.9 Å². The minimum atomic E-state index is -0.00398. The van der Waals surface area contributed by atoms with Crippen molar-refractivity contribution in [3.05, 3.63) is 0 Å². The zero-order chi connectivity index (χ0) is 12.1. The summed E-state index contributed by atoms with van der Waals surface area (Å²) in [4.78, 5) is 15.7. The van der Waals surface area contributed by atoms with Crippen LogP contribution in [0, 0.1) is 5.92 Å². The monoisotopic (exact) mass is 238 g/mol. The van der Waals surface area contributed by atoms with Crippen LogP contribution in [-0.4, -0.2) is 28.2 Å². The van der Waals surface area contributed by atoms with E-state index in [0.717, 1.165) is 12.8 Å². The molecule has 6 nitrogen and oxygen atoms in total. The van der Waals surface area contributed by atoms with Crippen LogP contribution in [0.25, 0.3) is 0 Å². The molecule has 0 saturated heterocycles. The van der Waals surface area contributed by atoms with Crippen molar-refractivity contribution in [2.24, 2.45) is 5.92 Å². The first-order chi connectivity index (χ1) is 8.28. The maximum Gasteiger partial charge on any atom is 0.336 e. The number of anilines is 1. The molecule has 1 heterocycles. The fraction of sp³-hybridized carbons (Fsp3) is 0.727. The summed E-state index contributed by atoms with van der Waals surface area (Å²) in [5.41, 5.74) is 0. The fourth-order valence-electron chi connectivity index (χ4n) is 2.23. The molecule has 2 N–H and O–H groups in total. The predicted octanol–water partition coefficient (Wildman–Crippen LogP) is 1.72. The van der Waals surface area contributed by atoms with E-state index in [2.05, 4.69) is 20.5 Å². The van der Waals surface area contributed by atoms with E-state index in [9.17, 15) is 4.79 Å². The Hall–Kier alpha value is -1.59. The Morgan fingerprint density at radius 2 is 2.24 bits per heavy atom. The van der Waals surface area contributed by atoms with Crippen LogP contribution in [0.2, 0.25) is 0 Å². The second-order valence-corrected chi connectivity index (χ2v) is 4.43. The molecule has 1 aliphatic carbocycles. The van der Waals surface area contributed by atoms with Gasteiger partial charge in [0.1, 0.15) is 0 Å². The number of carbonyl (C=O) groups excluding carboxylic acids is 1. The number of methoxy groups -OCH3 is 1. The molecule has 1 aromatic rings. The molecular weight excluding hydrogens is 220 g/mol. The van der Waals surface area contributed by atoms with Crippen molar-refractivity contribution in [1.29, 1.82) is 0 Å². The van der Waals surface area contributed by atoms with E-state index >= 15 is 0 Å². The van der Waals surface area contributed by atoms with Gasteiger partial charge in [-0.05, 0) is 18.8 Å². The molecule has 1 fully saturated rings. The lowest BCUT2D eigenvalue weighted by Crippen LogP contribution is -2.18. The van der Waals surface area contributed by atoms with E-state index in [1.54, 1.807) is 0 Å². The largest absolute Gasteiger partial charge is 0.466 e. The minimum Gasteiger partial charge on any atom is -0.466 e. The van der Waals surface area contributed by atoms with Gasteiger partial charge in [0.15, 0.2) is 0 Å². The van der Waals surface area contributed by atoms with Gasteiger partial charge in [-0.3, -0.25) is 10.1 Å². The number of nitrogens with one attached hydrogen (secondary N) is 2. The number of aromatic nitrogens is 3. The van der Waals surface area contributed by atoms with Crippen LogP contribution in [0.4, 0.5) is 5.95 Å². The van der Waals surface area contributed by atoms with E-state index < -0.39 is 0 Å². The normalized spacial score (nSPS) is 16.8. The Bertz CT molecular complexity index is 371. The molecule has 1 amide bonds. The highest BCUT2D eigenvalue weighted by Gasteiger charge is 2.17. The number of amides is 1.